The predicted octanol–water partition coefficient (Wildman–Crippen LogP) is 2.19. The van der Waals surface area contributed by atoms with Crippen LogP contribution in [-0.2, 0) is 14.4 Å². The molecule has 1 saturated heterocycles. The highest BCUT2D eigenvalue weighted by Gasteiger charge is 2.59. The lowest BCUT2D eigenvalue weighted by atomic mass is 9.77. The zero-order valence-corrected chi connectivity index (χ0v) is 18.8. The van der Waals surface area contributed by atoms with Crippen molar-refractivity contribution in [3.8, 4) is 23.0 Å². The third-order valence-corrected chi connectivity index (χ3v) is 7.31. The van der Waals surface area contributed by atoms with Gasteiger partial charge in [0.05, 0.1) is 43.5 Å². The number of para-hydroxylation sites is 1. The van der Waals surface area contributed by atoms with Crippen LogP contribution >= 0.6 is 11.8 Å². The maximum Gasteiger partial charge on any atom is 0.342 e. The van der Waals surface area contributed by atoms with E-state index in [0.717, 1.165) is 16.7 Å². The van der Waals surface area contributed by atoms with Gasteiger partial charge in [-0.2, -0.15) is 0 Å². The molecular weight excluding hydrogens is 448 g/mol. The topological polar surface area (TPSA) is 117 Å². The molecule has 2 amide bonds. The first-order valence-electron chi connectivity index (χ1n) is 10.1. The van der Waals surface area contributed by atoms with Gasteiger partial charge in [0.1, 0.15) is 5.25 Å². The lowest BCUT2D eigenvalue weighted by Gasteiger charge is -2.36. The number of carbonyl (C=O) groups is 3. The Hall–Kier alpha value is -3.66. The van der Waals surface area contributed by atoms with Crippen LogP contribution < -0.4 is 29.6 Å². The Balaban J connectivity index is 1.64. The molecule has 1 fully saturated rings. The summed E-state index contributed by atoms with van der Waals surface area (Å²) in [6.45, 7) is 0. The van der Waals surface area contributed by atoms with E-state index >= 15 is 0 Å². The Bertz CT molecular complexity index is 1240. The fourth-order valence-electron chi connectivity index (χ4n) is 4.63. The van der Waals surface area contributed by atoms with Gasteiger partial charge in [0.2, 0.25) is 11.8 Å². The standard InChI is InChI=1S/C23H20N2O7S/c1-29-12-8-7-10(9-14(12)31-3)25-21(26)16-15-11-5-4-6-13(30-2)18(11)32-23(28)17(15)20(24)33-19(16)22(25)27/h4-9,15-16,19H,24H2,1-3H3/t15-,16-,19+/m1/s1. The van der Waals surface area contributed by atoms with Crippen LogP contribution in [0.2, 0.25) is 0 Å². The molecular formula is C23H20N2O7S. The number of esters is 1. The quantitative estimate of drug-likeness (QED) is 0.409. The van der Waals surface area contributed by atoms with Gasteiger partial charge in [0, 0.05) is 17.5 Å². The molecule has 2 aromatic carbocycles. The molecule has 0 radical (unpaired) electrons. The van der Waals surface area contributed by atoms with Gasteiger partial charge in [-0.25, -0.2) is 9.69 Å². The first-order valence-corrected chi connectivity index (χ1v) is 10.9. The summed E-state index contributed by atoms with van der Waals surface area (Å²) < 4.78 is 21.5. The Kier molecular flexibility index (Phi) is 4.97. The molecule has 3 heterocycles. The molecule has 3 atom stereocenters. The Morgan fingerprint density at radius 1 is 0.939 bits per heavy atom. The normalized spacial score (nSPS) is 23.5. The molecule has 10 heteroatoms. The number of amides is 2. The predicted molar refractivity (Wildman–Crippen MR) is 119 cm³/mol. The van der Waals surface area contributed by atoms with Crippen molar-refractivity contribution in [3.05, 3.63) is 52.6 Å². The van der Waals surface area contributed by atoms with E-state index in [1.165, 1.54) is 21.3 Å². The monoisotopic (exact) mass is 468 g/mol. The summed E-state index contributed by atoms with van der Waals surface area (Å²) in [6.07, 6.45) is 0. The first kappa shape index (κ1) is 21.2. The number of hydrogen-bond donors (Lipinski definition) is 1. The molecule has 3 aliphatic heterocycles. The molecule has 3 aliphatic rings. The number of benzene rings is 2. The minimum absolute atomic E-state index is 0.176. The number of nitrogens with zero attached hydrogens (tertiary/aromatic N) is 1. The molecule has 33 heavy (non-hydrogen) atoms. The van der Waals surface area contributed by atoms with Crippen molar-refractivity contribution < 1.29 is 33.3 Å². The second-order valence-corrected chi connectivity index (χ2v) is 8.82. The van der Waals surface area contributed by atoms with E-state index < -0.39 is 34.9 Å². The SMILES string of the molecule is COc1ccc(N2C(=O)[C@H]3[C@H](SC(N)=C4C(=O)Oc5c(OC)cccc5[C@@H]43)C2=O)cc1OC. The maximum atomic E-state index is 13.7. The van der Waals surface area contributed by atoms with Gasteiger partial charge in [0.25, 0.3) is 0 Å². The van der Waals surface area contributed by atoms with Crippen LogP contribution in [0.1, 0.15) is 11.5 Å². The van der Waals surface area contributed by atoms with Crippen LogP contribution in [-0.4, -0.2) is 44.4 Å². The first-order chi connectivity index (χ1) is 15.9. The number of anilines is 1. The highest BCUT2D eigenvalue weighted by molar-refractivity contribution is 8.04. The number of ether oxygens (including phenoxy) is 4. The summed E-state index contributed by atoms with van der Waals surface area (Å²) in [6, 6.07) is 9.97. The lowest BCUT2D eigenvalue weighted by molar-refractivity contribution is -0.132. The summed E-state index contributed by atoms with van der Waals surface area (Å²) in [7, 11) is 4.43. The number of imide groups is 1. The third-order valence-electron chi connectivity index (χ3n) is 6.09. The van der Waals surface area contributed by atoms with Crippen molar-refractivity contribution in [2.45, 2.75) is 11.2 Å². The van der Waals surface area contributed by atoms with E-state index in [1.54, 1.807) is 36.4 Å². The van der Waals surface area contributed by atoms with Crippen molar-refractivity contribution >= 4 is 35.2 Å². The maximum absolute atomic E-state index is 13.7. The Morgan fingerprint density at radius 3 is 2.36 bits per heavy atom. The Morgan fingerprint density at radius 2 is 1.67 bits per heavy atom. The molecule has 0 saturated carbocycles. The molecule has 0 bridgehead atoms. The van der Waals surface area contributed by atoms with Crippen molar-refractivity contribution in [2.24, 2.45) is 11.7 Å². The molecule has 0 spiro atoms. The highest BCUT2D eigenvalue weighted by Crippen LogP contribution is 2.56. The van der Waals surface area contributed by atoms with E-state index in [2.05, 4.69) is 0 Å². The van der Waals surface area contributed by atoms with Gasteiger partial charge in [-0.15, -0.1) is 0 Å². The molecule has 0 aliphatic carbocycles. The number of hydrogen-bond acceptors (Lipinski definition) is 9. The van der Waals surface area contributed by atoms with E-state index in [-0.39, 0.29) is 16.4 Å². The van der Waals surface area contributed by atoms with E-state index in [1.807, 2.05) is 0 Å². The molecule has 9 nitrogen and oxygen atoms in total. The van der Waals surface area contributed by atoms with Crippen LogP contribution in [0.4, 0.5) is 5.69 Å². The van der Waals surface area contributed by atoms with E-state index in [4.69, 9.17) is 24.7 Å². The molecule has 170 valence electrons. The smallest absolute Gasteiger partial charge is 0.342 e. The summed E-state index contributed by atoms with van der Waals surface area (Å²) in [5, 5.41) is -0.612. The molecule has 0 unspecified atom stereocenters. The average molecular weight is 468 g/mol. The van der Waals surface area contributed by atoms with E-state index in [0.29, 0.717) is 28.5 Å². The molecule has 5 rings (SSSR count). The molecule has 2 aromatic rings. The lowest BCUT2D eigenvalue weighted by Crippen LogP contribution is -2.39. The van der Waals surface area contributed by atoms with Gasteiger partial charge in [-0.05, 0) is 18.2 Å². The van der Waals surface area contributed by atoms with E-state index in [9.17, 15) is 14.4 Å². The molecule has 0 aromatic heterocycles. The summed E-state index contributed by atoms with van der Waals surface area (Å²) in [5.74, 6) is -1.60. The van der Waals surface area contributed by atoms with Crippen LogP contribution in [0.3, 0.4) is 0 Å². The number of methoxy groups -OCH3 is 3. The van der Waals surface area contributed by atoms with Crippen LogP contribution in [0.25, 0.3) is 0 Å². The molecule has 2 N–H and O–H groups in total. The van der Waals surface area contributed by atoms with Gasteiger partial charge in [-0.1, -0.05) is 23.9 Å². The number of rotatable bonds is 4. The zero-order chi connectivity index (χ0) is 23.4. The van der Waals surface area contributed by atoms with Crippen molar-refractivity contribution in [3.63, 3.8) is 0 Å². The number of carbonyl (C=O) groups excluding carboxylic acids is 3. The van der Waals surface area contributed by atoms with Crippen molar-refractivity contribution in [1.82, 2.24) is 0 Å². The van der Waals surface area contributed by atoms with Gasteiger partial charge >= 0.3 is 5.97 Å². The number of fused-ring (bicyclic) bond motifs is 5. The fraction of sp³-hybridized carbons (Fsp3) is 0.261. The van der Waals surface area contributed by atoms with Crippen molar-refractivity contribution in [1.29, 1.82) is 0 Å². The van der Waals surface area contributed by atoms with Gasteiger partial charge in [0.15, 0.2) is 23.0 Å². The minimum Gasteiger partial charge on any atom is -0.493 e. The minimum atomic E-state index is -0.836. The summed E-state index contributed by atoms with van der Waals surface area (Å²) in [4.78, 5) is 41.2. The van der Waals surface area contributed by atoms with Crippen LogP contribution in [0.5, 0.6) is 23.0 Å². The second kappa shape index (κ2) is 7.73. The number of thioether (sulfide) groups is 1. The Labute approximate surface area is 193 Å². The summed E-state index contributed by atoms with van der Waals surface area (Å²) >= 11 is 1.02. The summed E-state index contributed by atoms with van der Waals surface area (Å²) in [5.41, 5.74) is 7.35. The highest BCUT2D eigenvalue weighted by atomic mass is 32.2. The van der Waals surface area contributed by atoms with Gasteiger partial charge < -0.3 is 24.7 Å². The fourth-order valence-corrected chi connectivity index (χ4v) is 5.87. The van der Waals surface area contributed by atoms with Gasteiger partial charge in [-0.3, -0.25) is 9.59 Å². The van der Waals surface area contributed by atoms with Crippen LogP contribution in [0, 0.1) is 5.92 Å². The zero-order valence-electron chi connectivity index (χ0n) is 18.0. The van der Waals surface area contributed by atoms with Crippen molar-refractivity contribution in [2.75, 3.05) is 26.2 Å². The second-order valence-electron chi connectivity index (χ2n) is 7.64. The van der Waals surface area contributed by atoms with Crippen LogP contribution in [0.15, 0.2) is 47.0 Å². The largest absolute Gasteiger partial charge is 0.493 e. The number of nitrogens with two attached hydrogens (primary N) is 1. The average Bonchev–Trinajstić information content (AvgIpc) is 3.07. The third kappa shape index (κ3) is 2.97.